The molecule has 17 heavy (non-hydrogen) atoms. The summed E-state index contributed by atoms with van der Waals surface area (Å²) in [6.07, 6.45) is 3.76. The first-order valence-corrected chi connectivity index (χ1v) is 5.87. The smallest absolute Gasteiger partial charge is 0.152 e. The number of ether oxygens (including phenoxy) is 1. The Balaban J connectivity index is 2.12. The van der Waals surface area contributed by atoms with Crippen molar-refractivity contribution >= 4 is 11.3 Å². The first-order valence-electron chi connectivity index (χ1n) is 5.87. The fraction of sp³-hybridized carbons (Fsp3) is 0.500. The van der Waals surface area contributed by atoms with E-state index >= 15 is 0 Å². The van der Waals surface area contributed by atoms with Crippen LogP contribution in [0.1, 0.15) is 19.5 Å². The lowest BCUT2D eigenvalue weighted by molar-refractivity contribution is 0.0855. The second-order valence-corrected chi connectivity index (χ2v) is 4.04. The highest BCUT2D eigenvalue weighted by molar-refractivity contribution is 5.67. The molecular weight excluding hydrogens is 216 g/mol. The quantitative estimate of drug-likeness (QED) is 0.858. The minimum atomic E-state index is 0.172. The highest BCUT2D eigenvalue weighted by Crippen LogP contribution is 2.14. The van der Waals surface area contributed by atoms with Gasteiger partial charge >= 0.3 is 0 Å². The number of hydrogen-bond acceptors (Lipinski definition) is 4. The summed E-state index contributed by atoms with van der Waals surface area (Å²) in [7, 11) is 0. The van der Waals surface area contributed by atoms with Crippen LogP contribution in [0.4, 0.5) is 5.82 Å². The standard InChI is InChI=1S/C12H18N4O/c1-4-17-10(3)8-14-12-11-7-9(2)15-16(11)6-5-13-12/h5-7,10H,4,8H2,1-3H3,(H,13,14). The Kier molecular flexibility index (Phi) is 3.58. The Bertz CT molecular complexity index is 494. The van der Waals surface area contributed by atoms with Crippen LogP contribution < -0.4 is 5.32 Å². The van der Waals surface area contributed by atoms with Gasteiger partial charge in [-0.05, 0) is 26.8 Å². The Morgan fingerprint density at radius 3 is 3.12 bits per heavy atom. The summed E-state index contributed by atoms with van der Waals surface area (Å²) in [6.45, 7) is 7.48. The number of nitrogens with one attached hydrogen (secondary N) is 1. The second-order valence-electron chi connectivity index (χ2n) is 4.04. The van der Waals surface area contributed by atoms with Crippen LogP contribution in [0.2, 0.25) is 0 Å². The summed E-state index contributed by atoms with van der Waals surface area (Å²) < 4.78 is 7.30. The van der Waals surface area contributed by atoms with Gasteiger partial charge in [-0.3, -0.25) is 0 Å². The van der Waals surface area contributed by atoms with E-state index < -0.39 is 0 Å². The van der Waals surface area contributed by atoms with Gasteiger partial charge in [-0.2, -0.15) is 5.10 Å². The van der Waals surface area contributed by atoms with Gasteiger partial charge in [0.1, 0.15) is 5.52 Å². The largest absolute Gasteiger partial charge is 0.377 e. The Morgan fingerprint density at radius 1 is 1.53 bits per heavy atom. The summed E-state index contributed by atoms with van der Waals surface area (Å²) in [4.78, 5) is 4.32. The topological polar surface area (TPSA) is 51.5 Å². The number of nitrogens with zero attached hydrogens (tertiary/aromatic N) is 3. The number of fused-ring (bicyclic) bond motifs is 1. The lowest BCUT2D eigenvalue weighted by Crippen LogP contribution is -2.20. The fourth-order valence-electron chi connectivity index (χ4n) is 1.76. The molecule has 0 radical (unpaired) electrons. The molecule has 0 saturated heterocycles. The number of aryl methyl sites for hydroxylation is 1. The van der Waals surface area contributed by atoms with Crippen LogP contribution in [0, 0.1) is 6.92 Å². The van der Waals surface area contributed by atoms with Crippen molar-refractivity contribution in [3.8, 4) is 0 Å². The Morgan fingerprint density at radius 2 is 2.35 bits per heavy atom. The van der Waals surface area contributed by atoms with Gasteiger partial charge in [-0.25, -0.2) is 9.50 Å². The lowest BCUT2D eigenvalue weighted by Gasteiger charge is -2.13. The SMILES string of the molecule is CCOC(C)CNc1nccn2nc(C)cc12. The number of hydrogen-bond donors (Lipinski definition) is 1. The van der Waals surface area contributed by atoms with Crippen molar-refractivity contribution in [2.45, 2.75) is 26.9 Å². The van der Waals surface area contributed by atoms with Crippen molar-refractivity contribution in [3.05, 3.63) is 24.2 Å². The van der Waals surface area contributed by atoms with Crippen molar-refractivity contribution in [2.24, 2.45) is 0 Å². The first kappa shape index (κ1) is 11.9. The molecule has 0 aliphatic rings. The molecule has 0 aliphatic carbocycles. The second kappa shape index (κ2) is 5.14. The molecule has 0 saturated carbocycles. The molecule has 5 heteroatoms. The average molecular weight is 234 g/mol. The van der Waals surface area contributed by atoms with Crippen LogP contribution in [-0.2, 0) is 4.74 Å². The maximum Gasteiger partial charge on any atom is 0.152 e. The van der Waals surface area contributed by atoms with Crippen LogP contribution in [0.25, 0.3) is 5.52 Å². The van der Waals surface area contributed by atoms with Crippen LogP contribution in [0.15, 0.2) is 18.5 Å². The van der Waals surface area contributed by atoms with Crippen LogP contribution >= 0.6 is 0 Å². The zero-order valence-corrected chi connectivity index (χ0v) is 10.5. The van der Waals surface area contributed by atoms with Gasteiger partial charge in [0.25, 0.3) is 0 Å². The summed E-state index contributed by atoms with van der Waals surface area (Å²) >= 11 is 0. The predicted molar refractivity (Wildman–Crippen MR) is 67.3 cm³/mol. The van der Waals surface area contributed by atoms with Gasteiger partial charge in [-0.15, -0.1) is 0 Å². The average Bonchev–Trinajstić information content (AvgIpc) is 2.67. The van der Waals surface area contributed by atoms with Crippen molar-refractivity contribution in [3.63, 3.8) is 0 Å². The molecule has 0 aliphatic heterocycles. The zero-order valence-electron chi connectivity index (χ0n) is 10.5. The maximum absolute atomic E-state index is 5.47. The van der Waals surface area contributed by atoms with E-state index in [0.717, 1.165) is 30.2 Å². The van der Waals surface area contributed by atoms with Crippen molar-refractivity contribution in [2.75, 3.05) is 18.5 Å². The van der Waals surface area contributed by atoms with Crippen molar-refractivity contribution < 1.29 is 4.74 Å². The van der Waals surface area contributed by atoms with Gasteiger partial charge in [-0.1, -0.05) is 0 Å². The normalized spacial score (nSPS) is 12.9. The summed E-state index contributed by atoms with van der Waals surface area (Å²) in [5.74, 6) is 0.847. The highest BCUT2D eigenvalue weighted by Gasteiger charge is 2.06. The van der Waals surface area contributed by atoms with Crippen LogP contribution in [-0.4, -0.2) is 33.9 Å². The highest BCUT2D eigenvalue weighted by atomic mass is 16.5. The molecule has 0 aromatic carbocycles. The predicted octanol–water partition coefficient (Wildman–Crippen LogP) is 1.87. The van der Waals surface area contributed by atoms with Gasteiger partial charge in [0.2, 0.25) is 0 Å². The molecule has 0 spiro atoms. The van der Waals surface area contributed by atoms with E-state index in [2.05, 4.69) is 15.4 Å². The molecule has 5 nitrogen and oxygen atoms in total. The monoisotopic (exact) mass is 234 g/mol. The molecule has 92 valence electrons. The van der Waals surface area contributed by atoms with E-state index in [1.165, 1.54) is 0 Å². The molecule has 2 heterocycles. The van der Waals surface area contributed by atoms with E-state index in [0.29, 0.717) is 0 Å². The molecule has 1 N–H and O–H groups in total. The molecule has 2 aromatic rings. The summed E-state index contributed by atoms with van der Waals surface area (Å²) in [5.41, 5.74) is 1.98. The number of anilines is 1. The molecule has 1 unspecified atom stereocenters. The van der Waals surface area contributed by atoms with Gasteiger partial charge in [0.15, 0.2) is 5.82 Å². The third-order valence-electron chi connectivity index (χ3n) is 2.52. The first-order chi connectivity index (χ1) is 8.20. The number of rotatable bonds is 5. The number of aromatic nitrogens is 3. The van der Waals surface area contributed by atoms with Crippen LogP contribution in [0.3, 0.4) is 0 Å². The maximum atomic E-state index is 5.47. The van der Waals surface area contributed by atoms with E-state index in [-0.39, 0.29) is 6.10 Å². The van der Waals surface area contributed by atoms with Crippen LogP contribution in [0.5, 0.6) is 0 Å². The third kappa shape index (κ3) is 2.74. The molecular formula is C12H18N4O. The minimum Gasteiger partial charge on any atom is -0.377 e. The summed E-state index contributed by atoms with van der Waals surface area (Å²) in [6, 6.07) is 2.01. The molecule has 0 fully saturated rings. The molecule has 1 atom stereocenters. The van der Waals surface area contributed by atoms with E-state index in [4.69, 9.17) is 4.74 Å². The minimum absolute atomic E-state index is 0.172. The fourth-order valence-corrected chi connectivity index (χ4v) is 1.76. The zero-order chi connectivity index (χ0) is 12.3. The van der Waals surface area contributed by atoms with Crippen molar-refractivity contribution in [1.29, 1.82) is 0 Å². The molecule has 2 rings (SSSR count). The van der Waals surface area contributed by atoms with E-state index in [9.17, 15) is 0 Å². The summed E-state index contributed by atoms with van der Waals surface area (Å²) in [5, 5.41) is 7.63. The molecule has 0 amide bonds. The third-order valence-corrected chi connectivity index (χ3v) is 2.52. The van der Waals surface area contributed by atoms with Crippen molar-refractivity contribution in [1.82, 2.24) is 14.6 Å². The molecule has 0 bridgehead atoms. The van der Waals surface area contributed by atoms with E-state index in [1.54, 1.807) is 6.20 Å². The molecule has 2 aromatic heterocycles. The van der Waals surface area contributed by atoms with Gasteiger partial charge in [0.05, 0.1) is 11.8 Å². The van der Waals surface area contributed by atoms with Gasteiger partial charge in [0, 0.05) is 25.5 Å². The lowest BCUT2D eigenvalue weighted by atomic mass is 10.3. The van der Waals surface area contributed by atoms with E-state index in [1.807, 2.05) is 37.5 Å². The Labute approximate surface area is 101 Å². The van der Waals surface area contributed by atoms with Gasteiger partial charge < -0.3 is 10.1 Å². The Hall–Kier alpha value is -1.62.